The fraction of sp³-hybridized carbons (Fsp3) is 0.353. The summed E-state index contributed by atoms with van der Waals surface area (Å²) in [5, 5.41) is 6.49. The summed E-state index contributed by atoms with van der Waals surface area (Å²) >= 11 is 1.74. The van der Waals surface area contributed by atoms with E-state index in [1.54, 1.807) is 11.3 Å². The molecule has 21 heavy (non-hydrogen) atoms. The van der Waals surface area contributed by atoms with E-state index in [-0.39, 0.29) is 17.9 Å². The SMILES string of the molecule is Cc1ccc(C(C)NC(=O)C2CNc3ccccc3C2)s1. The predicted octanol–water partition coefficient (Wildman–Crippen LogP) is 3.52. The Morgan fingerprint density at radius 3 is 2.90 bits per heavy atom. The van der Waals surface area contributed by atoms with Gasteiger partial charge >= 0.3 is 0 Å². The molecule has 2 heterocycles. The minimum absolute atomic E-state index is 0.00316. The topological polar surface area (TPSA) is 41.1 Å². The van der Waals surface area contributed by atoms with Crippen molar-refractivity contribution in [2.24, 2.45) is 5.92 Å². The van der Waals surface area contributed by atoms with Crippen molar-refractivity contribution in [1.82, 2.24) is 5.32 Å². The lowest BCUT2D eigenvalue weighted by molar-refractivity contribution is -0.125. The van der Waals surface area contributed by atoms with Gasteiger partial charge in [0.2, 0.25) is 5.91 Å². The minimum Gasteiger partial charge on any atom is -0.384 e. The molecule has 0 aliphatic carbocycles. The number of nitrogens with one attached hydrogen (secondary N) is 2. The quantitative estimate of drug-likeness (QED) is 0.910. The number of para-hydroxylation sites is 1. The molecule has 2 aromatic rings. The first-order valence-electron chi connectivity index (χ1n) is 7.32. The molecule has 3 nitrogen and oxygen atoms in total. The third kappa shape index (κ3) is 3.10. The molecule has 0 saturated carbocycles. The average molecular weight is 300 g/mol. The molecule has 1 aromatic heterocycles. The van der Waals surface area contributed by atoms with Gasteiger partial charge < -0.3 is 10.6 Å². The smallest absolute Gasteiger partial charge is 0.225 e. The van der Waals surface area contributed by atoms with Crippen molar-refractivity contribution in [3.05, 3.63) is 51.7 Å². The van der Waals surface area contributed by atoms with E-state index in [0.29, 0.717) is 6.54 Å². The van der Waals surface area contributed by atoms with Gasteiger partial charge in [0.15, 0.2) is 0 Å². The predicted molar refractivity (Wildman–Crippen MR) is 87.7 cm³/mol. The highest BCUT2D eigenvalue weighted by molar-refractivity contribution is 7.12. The van der Waals surface area contributed by atoms with Crippen molar-refractivity contribution in [2.45, 2.75) is 26.3 Å². The van der Waals surface area contributed by atoms with Crippen LogP contribution in [0.15, 0.2) is 36.4 Å². The van der Waals surface area contributed by atoms with Crippen molar-refractivity contribution in [3.8, 4) is 0 Å². The van der Waals surface area contributed by atoms with Gasteiger partial charge in [0.05, 0.1) is 12.0 Å². The van der Waals surface area contributed by atoms with Crippen LogP contribution in [0.2, 0.25) is 0 Å². The molecule has 2 unspecified atom stereocenters. The van der Waals surface area contributed by atoms with E-state index in [9.17, 15) is 4.79 Å². The maximum atomic E-state index is 12.5. The number of fused-ring (bicyclic) bond motifs is 1. The maximum absolute atomic E-state index is 12.5. The van der Waals surface area contributed by atoms with Gasteiger partial charge in [-0.3, -0.25) is 4.79 Å². The summed E-state index contributed by atoms with van der Waals surface area (Å²) in [6.45, 7) is 4.84. The average Bonchev–Trinajstić information content (AvgIpc) is 2.93. The van der Waals surface area contributed by atoms with Crippen LogP contribution in [0.5, 0.6) is 0 Å². The van der Waals surface area contributed by atoms with Crippen molar-refractivity contribution in [1.29, 1.82) is 0 Å². The summed E-state index contributed by atoms with van der Waals surface area (Å²) < 4.78 is 0. The van der Waals surface area contributed by atoms with Crippen molar-refractivity contribution in [3.63, 3.8) is 0 Å². The van der Waals surface area contributed by atoms with E-state index in [2.05, 4.69) is 41.8 Å². The molecule has 0 bridgehead atoms. The number of amides is 1. The minimum atomic E-state index is 0.00316. The standard InChI is InChI=1S/C17H20N2OS/c1-11-7-8-16(21-11)12(2)19-17(20)14-9-13-5-3-4-6-15(13)18-10-14/h3-8,12,14,18H,9-10H2,1-2H3,(H,19,20). The van der Waals surface area contributed by atoms with Crippen LogP contribution in [0, 0.1) is 12.8 Å². The van der Waals surface area contributed by atoms with Crippen LogP contribution in [-0.2, 0) is 11.2 Å². The van der Waals surface area contributed by atoms with Gasteiger partial charge in [-0.05, 0) is 44.0 Å². The number of rotatable bonds is 3. The van der Waals surface area contributed by atoms with Gasteiger partial charge in [-0.25, -0.2) is 0 Å². The Labute approximate surface area is 129 Å². The lowest BCUT2D eigenvalue weighted by Gasteiger charge is -2.26. The van der Waals surface area contributed by atoms with Gasteiger partial charge in [-0.2, -0.15) is 0 Å². The van der Waals surface area contributed by atoms with Crippen molar-refractivity contribution >= 4 is 22.9 Å². The molecule has 1 aliphatic rings. The van der Waals surface area contributed by atoms with Gasteiger partial charge in [-0.1, -0.05) is 18.2 Å². The van der Waals surface area contributed by atoms with Crippen LogP contribution in [0.25, 0.3) is 0 Å². The Kier molecular flexibility index (Phi) is 3.97. The van der Waals surface area contributed by atoms with Gasteiger partial charge in [0.1, 0.15) is 0 Å². The normalized spacial score (nSPS) is 18.5. The van der Waals surface area contributed by atoms with E-state index in [0.717, 1.165) is 12.1 Å². The molecule has 2 atom stereocenters. The molecule has 1 amide bonds. The second-order valence-corrected chi connectivity index (χ2v) is 6.94. The molecule has 110 valence electrons. The summed E-state index contributed by atoms with van der Waals surface area (Å²) in [6.07, 6.45) is 0.811. The third-order valence-electron chi connectivity index (χ3n) is 3.94. The summed E-state index contributed by atoms with van der Waals surface area (Å²) in [4.78, 5) is 14.9. The second-order valence-electron chi connectivity index (χ2n) is 5.62. The van der Waals surface area contributed by atoms with Gasteiger partial charge in [0.25, 0.3) is 0 Å². The molecular formula is C17H20N2OS. The van der Waals surface area contributed by atoms with Crippen molar-refractivity contribution in [2.75, 3.05) is 11.9 Å². The van der Waals surface area contributed by atoms with Gasteiger partial charge in [0, 0.05) is 22.0 Å². The molecule has 1 aliphatic heterocycles. The molecule has 4 heteroatoms. The van der Waals surface area contributed by atoms with Crippen molar-refractivity contribution < 1.29 is 4.79 Å². The summed E-state index contributed by atoms with van der Waals surface area (Å²) in [5.74, 6) is 0.138. The number of thiophene rings is 1. The first-order valence-corrected chi connectivity index (χ1v) is 8.13. The van der Waals surface area contributed by atoms with E-state index < -0.39 is 0 Å². The number of carbonyl (C=O) groups is 1. The molecule has 3 rings (SSSR count). The first kappa shape index (κ1) is 14.1. The van der Waals surface area contributed by atoms with E-state index in [4.69, 9.17) is 0 Å². The highest BCUT2D eigenvalue weighted by Crippen LogP contribution is 2.26. The summed E-state index contributed by atoms with van der Waals surface area (Å²) in [5.41, 5.74) is 2.38. The van der Waals surface area contributed by atoms with E-state index >= 15 is 0 Å². The first-order chi connectivity index (χ1) is 10.1. The Morgan fingerprint density at radius 1 is 1.33 bits per heavy atom. The lowest BCUT2D eigenvalue weighted by atomic mass is 9.93. The number of aryl methyl sites for hydroxylation is 1. The number of anilines is 1. The Balaban J connectivity index is 1.64. The second kappa shape index (κ2) is 5.90. The number of hydrogen-bond donors (Lipinski definition) is 2. The largest absolute Gasteiger partial charge is 0.384 e. The van der Waals surface area contributed by atoms with Crippen LogP contribution < -0.4 is 10.6 Å². The molecular weight excluding hydrogens is 280 g/mol. The third-order valence-corrected chi connectivity index (χ3v) is 5.12. The summed E-state index contributed by atoms with van der Waals surface area (Å²) in [6, 6.07) is 12.5. The zero-order valence-corrected chi connectivity index (χ0v) is 13.2. The fourth-order valence-corrected chi connectivity index (χ4v) is 3.60. The Morgan fingerprint density at radius 2 is 2.14 bits per heavy atom. The zero-order valence-electron chi connectivity index (χ0n) is 12.3. The maximum Gasteiger partial charge on any atom is 0.225 e. The van der Waals surface area contributed by atoms with Crippen LogP contribution in [0.4, 0.5) is 5.69 Å². The Hall–Kier alpha value is -1.81. The highest BCUT2D eigenvalue weighted by Gasteiger charge is 2.25. The monoisotopic (exact) mass is 300 g/mol. The fourth-order valence-electron chi connectivity index (χ4n) is 2.72. The molecule has 1 aromatic carbocycles. The number of benzene rings is 1. The molecule has 0 fully saturated rings. The van der Waals surface area contributed by atoms with Gasteiger partial charge in [-0.15, -0.1) is 11.3 Å². The van der Waals surface area contributed by atoms with Crippen LogP contribution in [0.1, 0.15) is 28.3 Å². The Bertz CT molecular complexity index is 650. The van der Waals surface area contributed by atoms with Crippen LogP contribution in [0.3, 0.4) is 0 Å². The molecule has 2 N–H and O–H groups in total. The van der Waals surface area contributed by atoms with Crippen LogP contribution >= 0.6 is 11.3 Å². The molecule has 0 saturated heterocycles. The van der Waals surface area contributed by atoms with E-state index in [1.165, 1.54) is 15.3 Å². The zero-order chi connectivity index (χ0) is 14.8. The summed E-state index contributed by atoms with van der Waals surface area (Å²) in [7, 11) is 0. The highest BCUT2D eigenvalue weighted by atomic mass is 32.1. The van der Waals surface area contributed by atoms with E-state index in [1.807, 2.05) is 19.1 Å². The molecule has 0 spiro atoms. The number of carbonyl (C=O) groups excluding carboxylic acids is 1. The molecule has 0 radical (unpaired) electrons. The van der Waals surface area contributed by atoms with Crippen LogP contribution in [-0.4, -0.2) is 12.5 Å². The lowest BCUT2D eigenvalue weighted by Crippen LogP contribution is -2.39. The number of hydrogen-bond acceptors (Lipinski definition) is 3.